The second-order valence-corrected chi connectivity index (χ2v) is 7.87. The van der Waals surface area contributed by atoms with Gasteiger partial charge in [0.15, 0.2) is 5.17 Å². The summed E-state index contributed by atoms with van der Waals surface area (Å²) in [5.74, 6) is -0.119. The lowest BCUT2D eigenvalue weighted by Crippen LogP contribution is -2.38. The summed E-state index contributed by atoms with van der Waals surface area (Å²) in [6.45, 7) is 0. The van der Waals surface area contributed by atoms with E-state index in [2.05, 4.69) is 6.07 Å². The van der Waals surface area contributed by atoms with Crippen LogP contribution in [0.2, 0.25) is 5.02 Å². The number of hydrogen-bond donors (Lipinski definition) is 0. The number of carbonyl (C=O) groups excluding carboxylic acids is 1. The second kappa shape index (κ2) is 5.96. The van der Waals surface area contributed by atoms with Gasteiger partial charge >= 0.3 is 0 Å². The predicted molar refractivity (Wildman–Crippen MR) is 103 cm³/mol. The SMILES string of the molecule is O=C1CSC2=NC3=C(CCc4ccccc43)C(c3c(F)cccc3Cl)N12. The zero-order valence-corrected chi connectivity index (χ0v) is 15.3. The van der Waals surface area contributed by atoms with Gasteiger partial charge in [-0.1, -0.05) is 53.7 Å². The molecule has 0 bridgehead atoms. The maximum atomic E-state index is 14.8. The number of nitrogens with zero attached hydrogens (tertiary/aromatic N) is 2. The third-order valence-corrected chi connectivity index (χ3v) is 6.38. The molecule has 1 fully saturated rings. The van der Waals surface area contributed by atoms with Crippen molar-refractivity contribution in [1.29, 1.82) is 0 Å². The third-order valence-electron chi connectivity index (χ3n) is 5.11. The van der Waals surface area contributed by atoms with Crippen molar-refractivity contribution in [2.45, 2.75) is 18.9 Å². The van der Waals surface area contributed by atoms with Gasteiger partial charge in [0.1, 0.15) is 5.82 Å². The van der Waals surface area contributed by atoms with Gasteiger partial charge < -0.3 is 0 Å². The summed E-state index contributed by atoms with van der Waals surface area (Å²) in [5.41, 5.74) is 4.50. The Hall–Kier alpha value is -2.11. The van der Waals surface area contributed by atoms with E-state index in [0.717, 1.165) is 29.7 Å². The Balaban J connectivity index is 1.78. The zero-order valence-electron chi connectivity index (χ0n) is 13.7. The van der Waals surface area contributed by atoms with E-state index in [1.807, 2.05) is 18.2 Å². The summed E-state index contributed by atoms with van der Waals surface area (Å²) in [5, 5.41) is 0.974. The van der Waals surface area contributed by atoms with Gasteiger partial charge in [-0.15, -0.1) is 0 Å². The standard InChI is InChI=1S/C20H14ClFN2OS/c21-14-6-3-7-15(22)17(14)19-13-9-8-11-4-1-2-5-12(11)18(13)23-20-24(19)16(25)10-26-20/h1-7,19H,8-10H2. The first-order chi connectivity index (χ1) is 12.6. The summed E-state index contributed by atoms with van der Waals surface area (Å²) >= 11 is 7.79. The molecule has 0 radical (unpaired) electrons. The second-order valence-electron chi connectivity index (χ2n) is 6.52. The van der Waals surface area contributed by atoms with Crippen LogP contribution in [0.25, 0.3) is 5.70 Å². The van der Waals surface area contributed by atoms with Crippen molar-refractivity contribution in [3.63, 3.8) is 0 Å². The molecule has 0 aromatic heterocycles. The highest BCUT2D eigenvalue weighted by Gasteiger charge is 2.44. The van der Waals surface area contributed by atoms with Crippen LogP contribution in [0.5, 0.6) is 0 Å². The number of aliphatic imine (C=N–C) groups is 1. The number of halogens is 2. The molecule has 1 unspecified atom stereocenters. The Morgan fingerprint density at radius 2 is 2.00 bits per heavy atom. The van der Waals surface area contributed by atoms with Crippen LogP contribution < -0.4 is 0 Å². The molecule has 5 rings (SSSR count). The lowest BCUT2D eigenvalue weighted by atomic mass is 9.82. The van der Waals surface area contributed by atoms with Crippen molar-refractivity contribution in [2.75, 3.05) is 5.75 Å². The highest BCUT2D eigenvalue weighted by Crippen LogP contribution is 2.49. The Bertz CT molecular complexity index is 996. The third kappa shape index (κ3) is 2.27. The number of carbonyl (C=O) groups is 1. The van der Waals surface area contributed by atoms with Crippen molar-refractivity contribution in [1.82, 2.24) is 4.90 Å². The highest BCUT2D eigenvalue weighted by molar-refractivity contribution is 8.15. The van der Waals surface area contributed by atoms with E-state index in [-0.39, 0.29) is 11.7 Å². The topological polar surface area (TPSA) is 32.7 Å². The van der Waals surface area contributed by atoms with Crippen molar-refractivity contribution >= 4 is 40.1 Å². The van der Waals surface area contributed by atoms with Crippen molar-refractivity contribution in [2.24, 2.45) is 4.99 Å². The fourth-order valence-electron chi connectivity index (χ4n) is 3.97. The van der Waals surface area contributed by atoms with Gasteiger partial charge in [-0.25, -0.2) is 9.38 Å². The molecule has 6 heteroatoms. The molecule has 26 heavy (non-hydrogen) atoms. The summed E-state index contributed by atoms with van der Waals surface area (Å²) in [6, 6.07) is 12.3. The normalized spacial score (nSPS) is 21.3. The van der Waals surface area contributed by atoms with Crippen LogP contribution in [0.1, 0.15) is 29.2 Å². The maximum absolute atomic E-state index is 14.8. The molecule has 1 saturated heterocycles. The maximum Gasteiger partial charge on any atom is 0.239 e. The summed E-state index contributed by atoms with van der Waals surface area (Å²) < 4.78 is 14.8. The molecule has 130 valence electrons. The van der Waals surface area contributed by atoms with Crippen LogP contribution in [0, 0.1) is 5.82 Å². The molecule has 0 spiro atoms. The fraction of sp³-hybridized carbons (Fsp3) is 0.200. The molecule has 2 aromatic carbocycles. The molecule has 3 aliphatic rings. The largest absolute Gasteiger partial charge is 0.279 e. The van der Waals surface area contributed by atoms with Crippen molar-refractivity contribution in [3.05, 3.63) is 75.6 Å². The Morgan fingerprint density at radius 1 is 1.15 bits per heavy atom. The van der Waals surface area contributed by atoms with Crippen molar-refractivity contribution < 1.29 is 9.18 Å². The smallest absolute Gasteiger partial charge is 0.239 e. The molecule has 2 aliphatic heterocycles. The Kier molecular flexibility index (Phi) is 3.69. The van der Waals surface area contributed by atoms with Gasteiger partial charge in [0.25, 0.3) is 0 Å². The number of fused-ring (bicyclic) bond motifs is 3. The van der Waals surface area contributed by atoms with E-state index in [4.69, 9.17) is 16.6 Å². The Morgan fingerprint density at radius 3 is 2.85 bits per heavy atom. The summed E-state index contributed by atoms with van der Waals surface area (Å²) in [7, 11) is 0. The van der Waals surface area contributed by atoms with E-state index in [0.29, 0.717) is 21.5 Å². The van der Waals surface area contributed by atoms with E-state index in [1.165, 1.54) is 23.4 Å². The minimum Gasteiger partial charge on any atom is -0.279 e. The van der Waals surface area contributed by atoms with E-state index in [9.17, 15) is 9.18 Å². The number of rotatable bonds is 1. The molecule has 0 saturated carbocycles. The van der Waals surface area contributed by atoms with Gasteiger partial charge in [0.2, 0.25) is 5.91 Å². The monoisotopic (exact) mass is 384 g/mol. The minimum atomic E-state index is -0.526. The molecular weight excluding hydrogens is 371 g/mol. The molecule has 3 nitrogen and oxygen atoms in total. The number of amides is 1. The first-order valence-corrected chi connectivity index (χ1v) is 9.80. The predicted octanol–water partition coefficient (Wildman–Crippen LogP) is 4.82. The first-order valence-electron chi connectivity index (χ1n) is 8.44. The van der Waals surface area contributed by atoms with Crippen LogP contribution in [0.3, 0.4) is 0 Å². The van der Waals surface area contributed by atoms with E-state index < -0.39 is 6.04 Å². The molecule has 2 heterocycles. The quantitative estimate of drug-likeness (QED) is 0.706. The summed E-state index contributed by atoms with van der Waals surface area (Å²) in [6.07, 6.45) is 1.57. The van der Waals surface area contributed by atoms with Crippen LogP contribution in [-0.2, 0) is 11.2 Å². The van der Waals surface area contributed by atoms with Crippen molar-refractivity contribution in [3.8, 4) is 0 Å². The number of benzene rings is 2. The lowest BCUT2D eigenvalue weighted by molar-refractivity contribution is -0.125. The van der Waals surface area contributed by atoms with Crippen LogP contribution >= 0.6 is 23.4 Å². The average molecular weight is 385 g/mol. The van der Waals surface area contributed by atoms with Gasteiger partial charge in [-0.2, -0.15) is 0 Å². The fourth-order valence-corrected chi connectivity index (χ4v) is 5.13. The minimum absolute atomic E-state index is 0.0523. The number of thioether (sulfide) groups is 1. The van der Waals surface area contributed by atoms with Gasteiger partial charge in [-0.05, 0) is 36.1 Å². The summed E-state index contributed by atoms with van der Waals surface area (Å²) in [4.78, 5) is 19.0. The highest BCUT2D eigenvalue weighted by atomic mass is 35.5. The Labute approximate surface area is 159 Å². The number of hydrogen-bond acceptors (Lipinski definition) is 3. The van der Waals surface area contributed by atoms with Gasteiger partial charge in [-0.3, -0.25) is 9.69 Å². The average Bonchev–Trinajstić information content (AvgIpc) is 3.01. The van der Waals surface area contributed by atoms with Crippen LogP contribution in [0.4, 0.5) is 4.39 Å². The number of aryl methyl sites for hydroxylation is 1. The first kappa shape index (κ1) is 16.1. The van der Waals surface area contributed by atoms with E-state index >= 15 is 0 Å². The molecule has 1 amide bonds. The molecule has 1 aliphatic carbocycles. The van der Waals surface area contributed by atoms with E-state index in [1.54, 1.807) is 17.0 Å². The molecule has 2 aromatic rings. The lowest BCUT2D eigenvalue weighted by Gasteiger charge is -2.37. The van der Waals surface area contributed by atoms with Crippen LogP contribution in [0.15, 0.2) is 53.0 Å². The zero-order chi connectivity index (χ0) is 17.8. The molecule has 0 N–H and O–H groups in total. The van der Waals surface area contributed by atoms with Gasteiger partial charge in [0.05, 0.1) is 17.5 Å². The molecule has 1 atom stereocenters. The number of amidine groups is 1. The molecular formula is C20H14ClFN2OS. The van der Waals surface area contributed by atoms with Gasteiger partial charge in [0, 0.05) is 16.1 Å². The van der Waals surface area contributed by atoms with Crippen LogP contribution in [-0.4, -0.2) is 21.7 Å².